The third-order valence-corrected chi connectivity index (χ3v) is 2.57. The third-order valence-electron chi connectivity index (χ3n) is 2.57. The Hall–Kier alpha value is -2.30. The Kier molecular flexibility index (Phi) is 4.48. The maximum atomic E-state index is 11.5. The van der Waals surface area contributed by atoms with E-state index in [1.807, 2.05) is 6.92 Å². The second-order valence-corrected chi connectivity index (χ2v) is 3.65. The fourth-order valence-corrected chi connectivity index (χ4v) is 1.54. The van der Waals surface area contributed by atoms with Crippen LogP contribution in [0.4, 0.5) is 0 Å². The second-order valence-electron chi connectivity index (χ2n) is 3.65. The van der Waals surface area contributed by atoms with Crippen LogP contribution in [0.5, 0.6) is 0 Å². The summed E-state index contributed by atoms with van der Waals surface area (Å²) in [5.74, 6) is -0.182. The molecule has 0 atom stereocenters. The summed E-state index contributed by atoms with van der Waals surface area (Å²) in [7, 11) is 2.76. The van der Waals surface area contributed by atoms with Gasteiger partial charge in [0.05, 0.1) is 31.7 Å². The number of ether oxygens (including phenoxy) is 2. The molecule has 0 radical (unpaired) electrons. The van der Waals surface area contributed by atoms with Crippen molar-refractivity contribution in [2.45, 2.75) is 6.92 Å². The molecule has 0 amide bonds. The molecule has 0 saturated heterocycles. The van der Waals surface area contributed by atoms with Gasteiger partial charge in [0, 0.05) is 5.56 Å². The van der Waals surface area contributed by atoms with E-state index in [2.05, 4.69) is 4.74 Å². The van der Waals surface area contributed by atoms with E-state index < -0.39 is 5.97 Å². The second kappa shape index (κ2) is 5.86. The summed E-state index contributed by atoms with van der Waals surface area (Å²) in [6, 6.07) is 5.06. The lowest BCUT2D eigenvalue weighted by molar-refractivity contribution is 0.0600. The quantitative estimate of drug-likeness (QED) is 0.482. The van der Waals surface area contributed by atoms with Crippen molar-refractivity contribution >= 4 is 17.9 Å². The molecule has 1 aromatic carbocycles. The SMILES string of the molecule is COC(=O)c1ccc(C)c(/C(N)=C(/C=N)OC)c1. The Balaban J connectivity index is 3.36. The highest BCUT2D eigenvalue weighted by Crippen LogP contribution is 2.20. The summed E-state index contributed by atoms with van der Waals surface area (Å²) >= 11 is 0. The molecule has 0 aliphatic carbocycles. The maximum Gasteiger partial charge on any atom is 0.337 e. The first-order valence-electron chi connectivity index (χ1n) is 5.28. The van der Waals surface area contributed by atoms with E-state index in [0.29, 0.717) is 16.8 Å². The molecule has 0 heterocycles. The van der Waals surface area contributed by atoms with Crippen LogP contribution in [0.15, 0.2) is 24.0 Å². The summed E-state index contributed by atoms with van der Waals surface area (Å²) in [6.07, 6.45) is 1.03. The highest BCUT2D eigenvalue weighted by molar-refractivity contribution is 5.92. The highest BCUT2D eigenvalue weighted by atomic mass is 16.5. The molecule has 3 N–H and O–H groups in total. The van der Waals surface area contributed by atoms with Gasteiger partial charge in [-0.05, 0) is 24.6 Å². The van der Waals surface area contributed by atoms with Crippen molar-refractivity contribution in [2.24, 2.45) is 5.73 Å². The van der Waals surface area contributed by atoms with Gasteiger partial charge in [-0.1, -0.05) is 6.07 Å². The van der Waals surface area contributed by atoms with Crippen LogP contribution >= 0.6 is 0 Å². The van der Waals surface area contributed by atoms with Crippen LogP contribution in [0.3, 0.4) is 0 Å². The van der Waals surface area contributed by atoms with Crippen LogP contribution in [-0.4, -0.2) is 26.4 Å². The topological polar surface area (TPSA) is 85.4 Å². The van der Waals surface area contributed by atoms with Crippen LogP contribution < -0.4 is 5.73 Å². The number of allylic oxidation sites excluding steroid dienone is 1. The first-order chi connectivity index (χ1) is 8.54. The average molecular weight is 248 g/mol. The molecule has 1 aromatic rings. The van der Waals surface area contributed by atoms with E-state index in [1.54, 1.807) is 18.2 Å². The minimum absolute atomic E-state index is 0.250. The number of hydrogen-bond donors (Lipinski definition) is 2. The Morgan fingerprint density at radius 2 is 2.00 bits per heavy atom. The molecular weight excluding hydrogens is 232 g/mol. The van der Waals surface area contributed by atoms with Gasteiger partial charge < -0.3 is 20.6 Å². The van der Waals surface area contributed by atoms with Crippen molar-refractivity contribution in [1.29, 1.82) is 5.41 Å². The number of hydrogen-bond acceptors (Lipinski definition) is 5. The molecule has 0 unspecified atom stereocenters. The number of carbonyl (C=O) groups excluding carboxylic acids is 1. The summed E-state index contributed by atoms with van der Waals surface area (Å²) in [6.45, 7) is 1.86. The van der Waals surface area contributed by atoms with Gasteiger partial charge >= 0.3 is 5.97 Å². The Morgan fingerprint density at radius 1 is 1.33 bits per heavy atom. The van der Waals surface area contributed by atoms with E-state index in [4.69, 9.17) is 15.9 Å². The Bertz CT molecular complexity index is 507. The first-order valence-corrected chi connectivity index (χ1v) is 5.28. The van der Waals surface area contributed by atoms with Crippen LogP contribution in [0, 0.1) is 12.3 Å². The Labute approximate surface area is 106 Å². The monoisotopic (exact) mass is 248 g/mol. The smallest absolute Gasteiger partial charge is 0.337 e. The normalized spacial score (nSPS) is 11.5. The zero-order valence-electron chi connectivity index (χ0n) is 10.6. The molecule has 96 valence electrons. The number of carbonyl (C=O) groups is 1. The standard InChI is InChI=1S/C13H16N2O3/c1-8-4-5-9(13(16)18-3)6-10(8)12(15)11(7-14)17-2/h4-7,14H,15H2,1-3H3/b12-11+,14-7?. The van der Waals surface area contributed by atoms with E-state index in [9.17, 15) is 4.79 Å². The number of esters is 1. The number of methoxy groups -OCH3 is 2. The van der Waals surface area contributed by atoms with E-state index >= 15 is 0 Å². The highest BCUT2D eigenvalue weighted by Gasteiger charge is 2.12. The lowest BCUT2D eigenvalue weighted by Gasteiger charge is -2.11. The van der Waals surface area contributed by atoms with Gasteiger partial charge in [-0.2, -0.15) is 0 Å². The number of nitrogens with one attached hydrogen (secondary N) is 1. The average Bonchev–Trinajstić information content (AvgIpc) is 2.39. The summed E-state index contributed by atoms with van der Waals surface area (Å²) in [4.78, 5) is 11.5. The van der Waals surface area contributed by atoms with Crippen LogP contribution in [0.1, 0.15) is 21.5 Å². The molecular formula is C13H16N2O3. The lowest BCUT2D eigenvalue weighted by atomic mass is 10.0. The minimum Gasteiger partial charge on any atom is -0.493 e. The molecule has 0 aliphatic heterocycles. The van der Waals surface area contributed by atoms with Gasteiger partial charge in [-0.15, -0.1) is 0 Å². The van der Waals surface area contributed by atoms with Gasteiger partial charge in [0.25, 0.3) is 0 Å². The van der Waals surface area contributed by atoms with Crippen LogP contribution in [0.25, 0.3) is 5.70 Å². The third kappa shape index (κ3) is 2.68. The number of rotatable bonds is 4. The molecule has 5 heteroatoms. The van der Waals surface area contributed by atoms with E-state index in [0.717, 1.165) is 11.8 Å². The maximum absolute atomic E-state index is 11.5. The molecule has 0 spiro atoms. The summed E-state index contributed by atoms with van der Waals surface area (Å²) in [5, 5.41) is 7.20. The van der Waals surface area contributed by atoms with Gasteiger partial charge in [0.2, 0.25) is 0 Å². The number of aryl methyl sites for hydroxylation is 1. The first kappa shape index (κ1) is 13.8. The molecule has 1 rings (SSSR count). The molecule has 5 nitrogen and oxygen atoms in total. The predicted molar refractivity (Wildman–Crippen MR) is 69.4 cm³/mol. The van der Waals surface area contributed by atoms with Gasteiger partial charge in [0.15, 0.2) is 5.76 Å². The van der Waals surface area contributed by atoms with Crippen molar-refractivity contribution in [3.05, 3.63) is 40.6 Å². The van der Waals surface area contributed by atoms with Gasteiger partial charge in [-0.25, -0.2) is 4.79 Å². The fraction of sp³-hybridized carbons (Fsp3) is 0.231. The molecule has 0 aromatic heterocycles. The predicted octanol–water partition coefficient (Wildman–Crippen LogP) is 1.70. The zero-order valence-corrected chi connectivity index (χ0v) is 10.6. The summed E-state index contributed by atoms with van der Waals surface area (Å²) < 4.78 is 9.64. The number of benzene rings is 1. The number of nitrogens with two attached hydrogens (primary N) is 1. The lowest BCUT2D eigenvalue weighted by Crippen LogP contribution is -2.08. The van der Waals surface area contributed by atoms with E-state index in [-0.39, 0.29) is 5.76 Å². The molecule has 0 fully saturated rings. The van der Waals surface area contributed by atoms with Crippen molar-refractivity contribution in [1.82, 2.24) is 0 Å². The van der Waals surface area contributed by atoms with Gasteiger partial charge in [-0.3, -0.25) is 0 Å². The van der Waals surface area contributed by atoms with Crippen molar-refractivity contribution in [3.8, 4) is 0 Å². The fourth-order valence-electron chi connectivity index (χ4n) is 1.54. The minimum atomic E-state index is -0.433. The van der Waals surface area contributed by atoms with Crippen molar-refractivity contribution in [2.75, 3.05) is 14.2 Å². The Morgan fingerprint density at radius 3 is 2.50 bits per heavy atom. The van der Waals surface area contributed by atoms with Crippen LogP contribution in [-0.2, 0) is 9.47 Å². The molecule has 18 heavy (non-hydrogen) atoms. The van der Waals surface area contributed by atoms with Crippen LogP contribution in [0.2, 0.25) is 0 Å². The largest absolute Gasteiger partial charge is 0.493 e. The van der Waals surface area contributed by atoms with Crippen molar-refractivity contribution in [3.63, 3.8) is 0 Å². The van der Waals surface area contributed by atoms with Gasteiger partial charge in [0.1, 0.15) is 0 Å². The zero-order chi connectivity index (χ0) is 13.7. The molecule has 0 aliphatic rings. The van der Waals surface area contributed by atoms with Crippen molar-refractivity contribution < 1.29 is 14.3 Å². The summed E-state index contributed by atoms with van der Waals surface area (Å²) in [5.41, 5.74) is 8.18. The molecule has 0 bridgehead atoms. The van der Waals surface area contributed by atoms with E-state index in [1.165, 1.54) is 14.2 Å². The molecule has 0 saturated carbocycles.